The zero-order valence-electron chi connectivity index (χ0n) is 19.0. The van der Waals surface area contributed by atoms with E-state index in [-0.39, 0.29) is 24.5 Å². The van der Waals surface area contributed by atoms with Gasteiger partial charge in [-0.1, -0.05) is 25.5 Å². The van der Waals surface area contributed by atoms with Gasteiger partial charge in [-0.25, -0.2) is 4.79 Å². The van der Waals surface area contributed by atoms with Crippen LogP contribution < -0.4 is 25.8 Å². The molecule has 0 spiro atoms. The van der Waals surface area contributed by atoms with E-state index in [9.17, 15) is 9.90 Å². The number of rotatable bonds is 12. The Kier molecular flexibility index (Phi) is 8.64. The molecule has 11 heteroatoms. The molecule has 0 aliphatic carbocycles. The van der Waals surface area contributed by atoms with Crippen molar-refractivity contribution in [2.45, 2.75) is 45.8 Å². The van der Waals surface area contributed by atoms with Gasteiger partial charge in [0.25, 0.3) is 6.01 Å². The molecular formula is C22H31N7O4. The lowest BCUT2D eigenvalue weighted by atomic mass is 10.2. The fourth-order valence-electron chi connectivity index (χ4n) is 3.23. The highest BCUT2D eigenvalue weighted by Crippen LogP contribution is 2.25. The van der Waals surface area contributed by atoms with Crippen LogP contribution in [0.15, 0.2) is 24.3 Å². The Bertz CT molecular complexity index is 1070. The monoisotopic (exact) mass is 457 g/mol. The molecule has 0 unspecified atom stereocenters. The van der Waals surface area contributed by atoms with Gasteiger partial charge < -0.3 is 30.9 Å². The van der Waals surface area contributed by atoms with Crippen LogP contribution in [0.5, 0.6) is 12.0 Å². The van der Waals surface area contributed by atoms with Crippen LogP contribution in [0.3, 0.4) is 0 Å². The molecule has 11 nitrogen and oxygen atoms in total. The van der Waals surface area contributed by atoms with Gasteiger partial charge in [0, 0.05) is 18.8 Å². The highest BCUT2D eigenvalue weighted by Gasteiger charge is 2.17. The molecule has 3 aromatic rings. The largest absolute Gasteiger partial charge is 0.468 e. The second kappa shape index (κ2) is 11.9. The van der Waals surface area contributed by atoms with E-state index < -0.39 is 0 Å². The summed E-state index contributed by atoms with van der Waals surface area (Å²) in [4.78, 5) is 25.1. The molecule has 1 aromatic carbocycles. The number of methoxy groups -OCH3 is 1. The van der Waals surface area contributed by atoms with Crippen molar-refractivity contribution in [3.05, 3.63) is 29.8 Å². The molecule has 33 heavy (non-hydrogen) atoms. The minimum Gasteiger partial charge on any atom is -0.468 e. The Morgan fingerprint density at radius 3 is 2.82 bits per heavy atom. The van der Waals surface area contributed by atoms with Gasteiger partial charge in [-0.05, 0) is 37.0 Å². The fourth-order valence-corrected chi connectivity index (χ4v) is 3.23. The number of nitrogens with one attached hydrogen (secondary N) is 2. The number of imidazole rings is 1. The number of urea groups is 1. The molecular weight excluding hydrogens is 426 g/mol. The third-order valence-electron chi connectivity index (χ3n) is 4.94. The number of carbonyl (C=O) groups is 1. The number of nitrogens with zero attached hydrogens (tertiary/aromatic N) is 4. The number of ether oxygens (including phenoxy) is 2. The smallest absolute Gasteiger partial charge is 0.320 e. The quantitative estimate of drug-likeness (QED) is 0.303. The molecule has 0 radical (unpaired) electrons. The Labute approximate surface area is 192 Å². The summed E-state index contributed by atoms with van der Waals surface area (Å²) in [5.74, 6) is 0.243. The van der Waals surface area contributed by atoms with E-state index in [0.29, 0.717) is 42.6 Å². The number of aliphatic hydroxyl groups excluding tert-OH is 1. The van der Waals surface area contributed by atoms with Gasteiger partial charge in [-0.15, -0.1) is 0 Å². The van der Waals surface area contributed by atoms with E-state index in [1.807, 2.05) is 4.57 Å². The third kappa shape index (κ3) is 6.45. The van der Waals surface area contributed by atoms with Crippen LogP contribution in [0, 0.1) is 0 Å². The van der Waals surface area contributed by atoms with E-state index in [0.717, 1.165) is 31.2 Å². The molecule has 178 valence electrons. The second-order valence-corrected chi connectivity index (χ2v) is 7.46. The maximum Gasteiger partial charge on any atom is 0.320 e. The van der Waals surface area contributed by atoms with Crippen LogP contribution in [0.1, 0.15) is 38.2 Å². The Morgan fingerprint density at radius 2 is 2.06 bits per heavy atom. The summed E-state index contributed by atoms with van der Waals surface area (Å²) in [7, 11) is 1.54. The van der Waals surface area contributed by atoms with Crippen molar-refractivity contribution in [1.82, 2.24) is 24.8 Å². The van der Waals surface area contributed by atoms with E-state index in [4.69, 9.17) is 15.2 Å². The molecule has 2 heterocycles. The predicted octanol–water partition coefficient (Wildman–Crippen LogP) is 2.69. The lowest BCUT2D eigenvalue weighted by Gasteiger charge is -2.10. The molecule has 2 amide bonds. The first kappa shape index (κ1) is 24.1. The minimum absolute atomic E-state index is 0.0769. The average molecular weight is 458 g/mol. The van der Waals surface area contributed by atoms with Crippen molar-refractivity contribution in [1.29, 1.82) is 0 Å². The number of aryl methyl sites for hydroxylation is 1. The first-order valence-corrected chi connectivity index (χ1v) is 11.0. The molecule has 0 bridgehead atoms. The predicted molar refractivity (Wildman–Crippen MR) is 125 cm³/mol. The average Bonchev–Trinajstić information content (AvgIpc) is 3.17. The number of aromatic nitrogens is 4. The minimum atomic E-state index is -0.301. The Balaban J connectivity index is 1.55. The van der Waals surface area contributed by atoms with Crippen LogP contribution in [-0.2, 0) is 13.2 Å². The number of aliphatic hydroxyl groups is 1. The number of nitrogen functional groups attached to an aromatic ring is 1. The summed E-state index contributed by atoms with van der Waals surface area (Å²) in [6.07, 6.45) is 3.38. The van der Waals surface area contributed by atoms with Crippen molar-refractivity contribution >= 4 is 28.7 Å². The lowest BCUT2D eigenvalue weighted by Crippen LogP contribution is -2.29. The number of hydrogen-bond acceptors (Lipinski definition) is 8. The highest BCUT2D eigenvalue weighted by atomic mass is 16.5. The summed E-state index contributed by atoms with van der Waals surface area (Å²) in [5.41, 5.74) is 8.45. The van der Waals surface area contributed by atoms with Gasteiger partial charge in [0.15, 0.2) is 17.0 Å². The normalized spacial score (nSPS) is 10.9. The molecule has 0 fully saturated rings. The van der Waals surface area contributed by atoms with E-state index in [1.54, 1.807) is 24.3 Å². The van der Waals surface area contributed by atoms with Gasteiger partial charge in [0.05, 0.1) is 20.3 Å². The highest BCUT2D eigenvalue weighted by molar-refractivity contribution is 5.89. The molecule has 2 aromatic heterocycles. The maximum atomic E-state index is 12.1. The number of hydrogen-bond donors (Lipinski definition) is 4. The lowest BCUT2D eigenvalue weighted by molar-refractivity contribution is 0.251. The summed E-state index contributed by atoms with van der Waals surface area (Å²) in [5, 5.41) is 14.8. The van der Waals surface area contributed by atoms with Crippen molar-refractivity contribution in [2.75, 3.05) is 31.3 Å². The number of carbonyl (C=O) groups excluding carboxylic acids is 1. The molecule has 0 atom stereocenters. The summed E-state index contributed by atoms with van der Waals surface area (Å²) in [6, 6.07) is 7.38. The molecule has 0 aliphatic heterocycles. The molecule has 3 rings (SSSR count). The fraction of sp³-hybridized carbons (Fsp3) is 0.455. The van der Waals surface area contributed by atoms with Crippen LogP contribution in [-0.4, -0.2) is 50.9 Å². The third-order valence-corrected chi connectivity index (χ3v) is 4.94. The van der Waals surface area contributed by atoms with Crippen LogP contribution in [0.25, 0.3) is 11.2 Å². The Morgan fingerprint density at radius 1 is 1.21 bits per heavy atom. The van der Waals surface area contributed by atoms with Crippen LogP contribution in [0.2, 0.25) is 0 Å². The molecule has 5 N–H and O–H groups in total. The van der Waals surface area contributed by atoms with Gasteiger partial charge in [-0.3, -0.25) is 4.57 Å². The Hall–Kier alpha value is -3.60. The van der Waals surface area contributed by atoms with Crippen molar-refractivity contribution < 1.29 is 19.4 Å². The number of fused-ring (bicyclic) bond motifs is 1. The van der Waals surface area contributed by atoms with Crippen LogP contribution in [0.4, 0.5) is 16.3 Å². The zero-order chi connectivity index (χ0) is 23.6. The van der Waals surface area contributed by atoms with E-state index >= 15 is 0 Å². The van der Waals surface area contributed by atoms with Gasteiger partial charge >= 0.3 is 12.0 Å². The van der Waals surface area contributed by atoms with Gasteiger partial charge in [-0.2, -0.15) is 15.0 Å². The van der Waals surface area contributed by atoms with Gasteiger partial charge in [0.2, 0.25) is 0 Å². The standard InChI is InChI=1S/C22H31N7O4/c1-3-4-12-33-21-27-18(23)17-19(28-21)29(22(26-17)32-2)11-6-5-10-24-20(31)25-16-9-7-8-15(13-16)14-30/h7-9,13,30H,3-6,10-12,14H2,1-2H3,(H2,23,27,28)(H2,24,25,31). The van der Waals surface area contributed by atoms with Crippen LogP contribution >= 0.6 is 0 Å². The molecule has 0 saturated heterocycles. The first-order chi connectivity index (χ1) is 16.0. The number of unbranched alkanes of at least 4 members (excludes halogenated alkanes) is 2. The van der Waals surface area contributed by atoms with Gasteiger partial charge in [0.1, 0.15) is 0 Å². The summed E-state index contributed by atoms with van der Waals surface area (Å²) >= 11 is 0. The van der Waals surface area contributed by atoms with E-state index in [1.165, 1.54) is 7.11 Å². The molecule has 0 aliphatic rings. The summed E-state index contributed by atoms with van der Waals surface area (Å²) in [6.45, 7) is 3.58. The SMILES string of the molecule is CCCCOc1nc(N)c2nc(OC)n(CCCCNC(=O)Nc3cccc(CO)c3)c2n1. The van der Waals surface area contributed by atoms with Crippen molar-refractivity contribution in [2.24, 2.45) is 0 Å². The number of amides is 2. The second-order valence-electron chi connectivity index (χ2n) is 7.46. The maximum absolute atomic E-state index is 12.1. The van der Waals surface area contributed by atoms with Crippen molar-refractivity contribution in [3.63, 3.8) is 0 Å². The topological polar surface area (TPSA) is 149 Å². The number of nitrogens with two attached hydrogens (primary N) is 1. The first-order valence-electron chi connectivity index (χ1n) is 11.0. The van der Waals surface area contributed by atoms with E-state index in [2.05, 4.69) is 32.5 Å². The molecule has 0 saturated carbocycles. The zero-order valence-corrected chi connectivity index (χ0v) is 19.0. The van der Waals surface area contributed by atoms with Crippen molar-refractivity contribution in [3.8, 4) is 12.0 Å². The number of benzene rings is 1. The number of anilines is 2. The summed E-state index contributed by atoms with van der Waals surface area (Å²) < 4.78 is 12.8.